The Morgan fingerprint density at radius 1 is 1.03 bits per heavy atom. The van der Waals surface area contributed by atoms with Gasteiger partial charge >= 0.3 is 0 Å². The SMILES string of the molecule is CCNC(=O)[C@@]1(Cc2cccc(-c3ccc(C)cc3)c2)CCN(C(=O)Cc2cccnc2)C1. The third kappa shape index (κ3) is 5.30. The van der Waals surface area contributed by atoms with Crippen molar-refractivity contribution in [3.05, 3.63) is 89.7 Å². The second-order valence-electron chi connectivity index (χ2n) is 8.99. The van der Waals surface area contributed by atoms with Gasteiger partial charge in [0.1, 0.15) is 0 Å². The van der Waals surface area contributed by atoms with Crippen LogP contribution < -0.4 is 5.32 Å². The molecule has 1 atom stereocenters. The highest BCUT2D eigenvalue weighted by molar-refractivity contribution is 5.86. The lowest BCUT2D eigenvalue weighted by Crippen LogP contribution is -2.45. The summed E-state index contributed by atoms with van der Waals surface area (Å²) in [5.41, 5.74) is 4.92. The summed E-state index contributed by atoms with van der Waals surface area (Å²) >= 11 is 0. The summed E-state index contributed by atoms with van der Waals surface area (Å²) in [5, 5.41) is 3.02. The number of nitrogens with zero attached hydrogens (tertiary/aromatic N) is 2. The molecule has 1 saturated heterocycles. The number of hydrogen-bond acceptors (Lipinski definition) is 3. The number of rotatable bonds is 7. The van der Waals surface area contributed by atoms with Crippen molar-refractivity contribution in [2.24, 2.45) is 5.41 Å². The molecule has 0 radical (unpaired) electrons. The van der Waals surface area contributed by atoms with Gasteiger partial charge in [0, 0.05) is 32.0 Å². The molecule has 170 valence electrons. The minimum atomic E-state index is -0.619. The van der Waals surface area contributed by atoms with Crippen LogP contribution in [0.5, 0.6) is 0 Å². The lowest BCUT2D eigenvalue weighted by atomic mass is 9.79. The highest BCUT2D eigenvalue weighted by Crippen LogP contribution is 2.36. The van der Waals surface area contributed by atoms with Gasteiger partial charge in [-0.05, 0) is 55.0 Å². The molecule has 5 heteroatoms. The normalized spacial score (nSPS) is 17.7. The van der Waals surface area contributed by atoms with Gasteiger partial charge in [-0.1, -0.05) is 60.2 Å². The summed E-state index contributed by atoms with van der Waals surface area (Å²) in [6.45, 7) is 5.62. The van der Waals surface area contributed by atoms with E-state index in [4.69, 9.17) is 0 Å². The summed E-state index contributed by atoms with van der Waals surface area (Å²) in [5.74, 6) is 0.0741. The Hall–Kier alpha value is -3.47. The van der Waals surface area contributed by atoms with Gasteiger partial charge in [0.05, 0.1) is 11.8 Å². The smallest absolute Gasteiger partial charge is 0.228 e. The predicted octanol–water partition coefficient (Wildman–Crippen LogP) is 4.20. The molecule has 0 saturated carbocycles. The van der Waals surface area contributed by atoms with Gasteiger partial charge in [-0.3, -0.25) is 14.6 Å². The fraction of sp³-hybridized carbons (Fsp3) is 0.321. The van der Waals surface area contributed by atoms with Crippen LogP contribution in [0.2, 0.25) is 0 Å². The number of nitrogens with one attached hydrogen (secondary N) is 1. The largest absolute Gasteiger partial charge is 0.356 e. The second-order valence-corrected chi connectivity index (χ2v) is 8.99. The van der Waals surface area contributed by atoms with Crippen LogP contribution in [-0.2, 0) is 22.4 Å². The quantitative estimate of drug-likeness (QED) is 0.598. The highest BCUT2D eigenvalue weighted by atomic mass is 16.2. The number of amides is 2. The third-order valence-electron chi connectivity index (χ3n) is 6.46. The molecule has 0 bridgehead atoms. The van der Waals surface area contributed by atoms with Crippen molar-refractivity contribution >= 4 is 11.8 Å². The number of carbonyl (C=O) groups excluding carboxylic acids is 2. The molecule has 2 amide bonds. The van der Waals surface area contributed by atoms with E-state index in [1.807, 2.05) is 24.0 Å². The Kier molecular flexibility index (Phi) is 6.87. The molecule has 1 aliphatic heterocycles. The molecule has 2 heterocycles. The summed E-state index contributed by atoms with van der Waals surface area (Å²) < 4.78 is 0. The molecule has 4 rings (SSSR count). The fourth-order valence-corrected chi connectivity index (χ4v) is 4.63. The van der Waals surface area contributed by atoms with E-state index in [9.17, 15) is 9.59 Å². The number of carbonyl (C=O) groups is 2. The van der Waals surface area contributed by atoms with Crippen LogP contribution in [0, 0.1) is 12.3 Å². The van der Waals surface area contributed by atoms with Gasteiger partial charge in [-0.25, -0.2) is 0 Å². The number of likely N-dealkylation sites (tertiary alicyclic amines) is 1. The minimum Gasteiger partial charge on any atom is -0.356 e. The minimum absolute atomic E-state index is 0.0300. The fourth-order valence-electron chi connectivity index (χ4n) is 4.63. The first kappa shape index (κ1) is 22.7. The van der Waals surface area contributed by atoms with Gasteiger partial charge < -0.3 is 10.2 Å². The van der Waals surface area contributed by atoms with E-state index in [2.05, 4.69) is 65.8 Å². The van der Waals surface area contributed by atoms with Crippen LogP contribution in [0.4, 0.5) is 0 Å². The summed E-state index contributed by atoms with van der Waals surface area (Å²) in [6, 6.07) is 20.6. The molecule has 1 aliphatic rings. The molecule has 1 aromatic heterocycles. The van der Waals surface area contributed by atoms with Gasteiger partial charge in [0.25, 0.3) is 0 Å². The Balaban J connectivity index is 1.54. The van der Waals surface area contributed by atoms with Crippen molar-refractivity contribution < 1.29 is 9.59 Å². The van der Waals surface area contributed by atoms with Crippen molar-refractivity contribution in [2.45, 2.75) is 33.1 Å². The lowest BCUT2D eigenvalue weighted by molar-refractivity contribution is -0.132. The predicted molar refractivity (Wildman–Crippen MR) is 131 cm³/mol. The van der Waals surface area contributed by atoms with Crippen LogP contribution in [-0.4, -0.2) is 41.3 Å². The molecule has 5 nitrogen and oxygen atoms in total. The van der Waals surface area contributed by atoms with Crippen LogP contribution in [0.25, 0.3) is 11.1 Å². The van der Waals surface area contributed by atoms with E-state index in [1.54, 1.807) is 12.4 Å². The monoisotopic (exact) mass is 441 g/mol. The van der Waals surface area contributed by atoms with Crippen molar-refractivity contribution in [3.63, 3.8) is 0 Å². The Labute approximate surface area is 195 Å². The average molecular weight is 442 g/mol. The van der Waals surface area contributed by atoms with Crippen LogP contribution >= 0.6 is 0 Å². The number of benzene rings is 2. The van der Waals surface area contributed by atoms with Crippen molar-refractivity contribution in [3.8, 4) is 11.1 Å². The molecular formula is C28H31N3O2. The summed E-state index contributed by atoms with van der Waals surface area (Å²) in [7, 11) is 0. The highest BCUT2D eigenvalue weighted by Gasteiger charge is 2.45. The molecule has 1 N–H and O–H groups in total. The second kappa shape index (κ2) is 9.99. The van der Waals surface area contributed by atoms with Crippen LogP contribution in [0.15, 0.2) is 73.1 Å². The maximum absolute atomic E-state index is 13.2. The molecule has 3 aromatic rings. The van der Waals surface area contributed by atoms with Crippen molar-refractivity contribution in [1.29, 1.82) is 0 Å². The summed E-state index contributed by atoms with van der Waals surface area (Å²) in [4.78, 5) is 32.1. The first-order chi connectivity index (χ1) is 16.0. The zero-order valence-corrected chi connectivity index (χ0v) is 19.4. The van der Waals surface area contributed by atoms with Crippen LogP contribution in [0.3, 0.4) is 0 Å². The van der Waals surface area contributed by atoms with E-state index < -0.39 is 5.41 Å². The Morgan fingerprint density at radius 2 is 1.82 bits per heavy atom. The topological polar surface area (TPSA) is 62.3 Å². The standard InChI is InChI=1S/C28H31N3O2/c1-3-30-27(33)28(13-15-31(20-28)26(32)17-23-7-5-14-29-19-23)18-22-6-4-8-25(16-22)24-11-9-21(2)10-12-24/h4-12,14,16,19H,3,13,15,17-18,20H2,1-2H3,(H,30,33)/t28-/m1/s1. The number of hydrogen-bond donors (Lipinski definition) is 1. The lowest BCUT2D eigenvalue weighted by Gasteiger charge is -2.28. The van der Waals surface area contributed by atoms with E-state index >= 15 is 0 Å². The average Bonchev–Trinajstić information content (AvgIpc) is 3.26. The molecule has 2 aromatic carbocycles. The Bertz CT molecular complexity index is 1110. The molecule has 0 aliphatic carbocycles. The van der Waals surface area contributed by atoms with Gasteiger partial charge in [-0.2, -0.15) is 0 Å². The summed E-state index contributed by atoms with van der Waals surface area (Å²) in [6.07, 6.45) is 5.00. The third-order valence-corrected chi connectivity index (χ3v) is 6.46. The Morgan fingerprint density at radius 3 is 2.55 bits per heavy atom. The molecular weight excluding hydrogens is 410 g/mol. The van der Waals surface area contributed by atoms with E-state index in [1.165, 1.54) is 5.56 Å². The van der Waals surface area contributed by atoms with Gasteiger partial charge in [0.15, 0.2) is 0 Å². The number of aromatic nitrogens is 1. The number of pyridine rings is 1. The first-order valence-corrected chi connectivity index (χ1v) is 11.6. The maximum atomic E-state index is 13.2. The van der Waals surface area contributed by atoms with Gasteiger partial charge in [0.2, 0.25) is 11.8 Å². The molecule has 33 heavy (non-hydrogen) atoms. The van der Waals surface area contributed by atoms with E-state index in [0.717, 1.165) is 22.3 Å². The van der Waals surface area contributed by atoms with E-state index in [0.29, 0.717) is 38.9 Å². The first-order valence-electron chi connectivity index (χ1n) is 11.6. The van der Waals surface area contributed by atoms with Gasteiger partial charge in [-0.15, -0.1) is 0 Å². The van der Waals surface area contributed by atoms with Crippen molar-refractivity contribution in [1.82, 2.24) is 15.2 Å². The number of aryl methyl sites for hydroxylation is 1. The van der Waals surface area contributed by atoms with E-state index in [-0.39, 0.29) is 11.8 Å². The zero-order chi connectivity index (χ0) is 23.3. The molecule has 0 unspecified atom stereocenters. The van der Waals surface area contributed by atoms with Crippen molar-refractivity contribution in [2.75, 3.05) is 19.6 Å². The van der Waals surface area contributed by atoms with Crippen LogP contribution in [0.1, 0.15) is 30.0 Å². The zero-order valence-electron chi connectivity index (χ0n) is 19.4. The molecule has 0 spiro atoms. The molecule has 1 fully saturated rings. The maximum Gasteiger partial charge on any atom is 0.228 e.